The van der Waals surface area contributed by atoms with Crippen molar-refractivity contribution in [3.8, 4) is 11.3 Å². The van der Waals surface area contributed by atoms with Crippen molar-refractivity contribution < 1.29 is 14.0 Å². The number of ketones is 1. The molecule has 1 atom stereocenters. The molecule has 0 radical (unpaired) electrons. The minimum atomic E-state index is -0.584. The maximum absolute atomic E-state index is 14.2. The number of halogens is 1. The number of aryl methyl sites for hydroxylation is 1. The Morgan fingerprint density at radius 3 is 2.67 bits per heavy atom. The third-order valence-corrected chi connectivity index (χ3v) is 7.81. The van der Waals surface area contributed by atoms with Crippen LogP contribution in [0.2, 0.25) is 0 Å². The first-order valence-electron chi connectivity index (χ1n) is 13.2. The minimum absolute atomic E-state index is 0.0218. The summed E-state index contributed by atoms with van der Waals surface area (Å²) >= 11 is 1.28. The number of amides is 1. The van der Waals surface area contributed by atoms with Crippen LogP contribution in [0.25, 0.3) is 22.0 Å². The standard InChI is InChI=1S/C31H30FN5O2S/c1-19-11-14-23(32)28(29(19)33)26(38)10-4-2-3-9-24(37-31(39)27-17-34-18-40-27)30-35-16-25(36-30)22-13-12-20-7-5-6-8-21(20)15-22/h5-8,11-18,24H,2-4,9-10,33H2,1H3,(H,35,36)(H,37,39)/t24-/m0/s1. The van der Waals surface area contributed by atoms with Crippen LogP contribution >= 0.6 is 11.3 Å². The number of Topliss-reactive ketones (excluding diaryl/α,β-unsaturated/α-hetero) is 1. The van der Waals surface area contributed by atoms with Gasteiger partial charge in [0.25, 0.3) is 5.91 Å². The summed E-state index contributed by atoms with van der Waals surface area (Å²) in [7, 11) is 0. The second kappa shape index (κ2) is 12.2. The van der Waals surface area contributed by atoms with Crippen LogP contribution in [0.15, 0.2) is 72.5 Å². The number of carbonyl (C=O) groups is 2. The SMILES string of the molecule is Cc1ccc(F)c(C(=O)CCCCC[C@H](NC(=O)c2cncs2)c2ncc(-c3ccc4ccccc4c3)[nH]2)c1N. The highest BCUT2D eigenvalue weighted by Gasteiger charge is 2.21. The number of nitrogens with two attached hydrogens (primary N) is 1. The molecule has 204 valence electrons. The number of nitrogen functional groups attached to an aromatic ring is 1. The summed E-state index contributed by atoms with van der Waals surface area (Å²) in [6, 6.07) is 16.9. The molecular weight excluding hydrogens is 525 g/mol. The number of H-pyrrole nitrogens is 1. The maximum atomic E-state index is 14.2. The summed E-state index contributed by atoms with van der Waals surface area (Å²) in [5, 5.41) is 5.37. The van der Waals surface area contributed by atoms with E-state index < -0.39 is 5.82 Å². The summed E-state index contributed by atoms with van der Waals surface area (Å²) in [4.78, 5) is 38.1. The lowest BCUT2D eigenvalue weighted by Gasteiger charge is -2.16. The van der Waals surface area contributed by atoms with E-state index in [1.807, 2.05) is 18.2 Å². The Balaban J connectivity index is 1.25. The van der Waals surface area contributed by atoms with Crippen LogP contribution in [0, 0.1) is 12.7 Å². The number of imidazole rings is 1. The summed E-state index contributed by atoms with van der Waals surface area (Å²) in [6.45, 7) is 1.76. The largest absolute Gasteiger partial charge is 0.398 e. The Labute approximate surface area is 235 Å². The molecule has 7 nitrogen and oxygen atoms in total. The zero-order valence-electron chi connectivity index (χ0n) is 22.1. The Kier molecular flexibility index (Phi) is 8.31. The summed E-state index contributed by atoms with van der Waals surface area (Å²) in [6.07, 6.45) is 6.19. The zero-order valence-corrected chi connectivity index (χ0v) is 22.9. The number of unbranched alkanes of at least 4 members (excludes halogenated alkanes) is 2. The average Bonchev–Trinajstić information content (AvgIpc) is 3.67. The molecule has 9 heteroatoms. The third kappa shape index (κ3) is 6.10. The van der Waals surface area contributed by atoms with Crippen molar-refractivity contribution in [3.05, 3.63) is 100 Å². The third-order valence-electron chi connectivity index (χ3n) is 7.04. The highest BCUT2D eigenvalue weighted by atomic mass is 32.1. The van der Waals surface area contributed by atoms with Crippen molar-refractivity contribution in [1.82, 2.24) is 20.3 Å². The fourth-order valence-electron chi connectivity index (χ4n) is 4.77. The van der Waals surface area contributed by atoms with Gasteiger partial charge in [0.15, 0.2) is 5.78 Å². The number of nitrogens with one attached hydrogen (secondary N) is 2. The number of aromatic amines is 1. The number of anilines is 1. The number of fused-ring (bicyclic) bond motifs is 1. The van der Waals surface area contributed by atoms with Crippen molar-refractivity contribution >= 4 is 39.5 Å². The number of carbonyl (C=O) groups excluding carboxylic acids is 2. The van der Waals surface area contributed by atoms with E-state index >= 15 is 0 Å². The van der Waals surface area contributed by atoms with Gasteiger partial charge in [-0.25, -0.2) is 9.37 Å². The summed E-state index contributed by atoms with van der Waals surface area (Å²) < 4.78 is 14.2. The first kappa shape index (κ1) is 27.2. The Bertz CT molecular complexity index is 1650. The predicted molar refractivity (Wildman–Crippen MR) is 157 cm³/mol. The highest BCUT2D eigenvalue weighted by molar-refractivity contribution is 7.11. The van der Waals surface area contributed by atoms with E-state index in [9.17, 15) is 14.0 Å². The molecule has 0 spiro atoms. The van der Waals surface area contributed by atoms with Gasteiger partial charge in [-0.15, -0.1) is 11.3 Å². The number of nitrogens with zero attached hydrogens (tertiary/aromatic N) is 2. The van der Waals surface area contributed by atoms with E-state index in [1.165, 1.54) is 17.4 Å². The number of aromatic nitrogens is 3. The molecule has 40 heavy (non-hydrogen) atoms. The number of hydrogen-bond acceptors (Lipinski definition) is 6. The van der Waals surface area contributed by atoms with Crippen molar-refractivity contribution in [3.63, 3.8) is 0 Å². The van der Waals surface area contributed by atoms with Gasteiger partial charge >= 0.3 is 0 Å². The summed E-state index contributed by atoms with van der Waals surface area (Å²) in [5.41, 5.74) is 10.3. The molecule has 0 aliphatic carbocycles. The second-order valence-electron chi connectivity index (χ2n) is 9.81. The van der Waals surface area contributed by atoms with Crippen LogP contribution in [-0.2, 0) is 0 Å². The Hall–Kier alpha value is -4.37. The molecule has 4 N–H and O–H groups in total. The zero-order chi connectivity index (χ0) is 28.1. The number of hydrogen-bond donors (Lipinski definition) is 3. The molecule has 2 aromatic heterocycles. The normalized spacial score (nSPS) is 11.9. The molecule has 1 amide bonds. The number of thiazole rings is 1. The van der Waals surface area contributed by atoms with Crippen molar-refractivity contribution in [1.29, 1.82) is 0 Å². The quantitative estimate of drug-likeness (QED) is 0.0921. The fourth-order valence-corrected chi connectivity index (χ4v) is 5.29. The molecule has 0 saturated heterocycles. The maximum Gasteiger partial charge on any atom is 0.263 e. The summed E-state index contributed by atoms with van der Waals surface area (Å²) in [5.74, 6) is -0.428. The number of rotatable bonds is 11. The van der Waals surface area contributed by atoms with Crippen molar-refractivity contribution in [2.45, 2.75) is 45.1 Å². The van der Waals surface area contributed by atoms with Crippen molar-refractivity contribution in [2.75, 3.05) is 5.73 Å². The first-order chi connectivity index (χ1) is 19.4. The molecule has 0 aliphatic heterocycles. The van der Waals surface area contributed by atoms with Crippen molar-refractivity contribution in [2.24, 2.45) is 0 Å². The van der Waals surface area contributed by atoms with E-state index in [-0.39, 0.29) is 35.4 Å². The molecule has 2 heterocycles. The van der Waals surface area contributed by atoms with Crippen LogP contribution in [0.1, 0.15) is 69.6 Å². The minimum Gasteiger partial charge on any atom is -0.398 e. The topological polar surface area (TPSA) is 114 Å². The van der Waals surface area contributed by atoms with Gasteiger partial charge in [-0.05, 0) is 48.2 Å². The molecule has 0 saturated carbocycles. The Morgan fingerprint density at radius 1 is 1.05 bits per heavy atom. The number of benzene rings is 3. The second-order valence-corrected chi connectivity index (χ2v) is 10.7. The monoisotopic (exact) mass is 555 g/mol. The van der Waals surface area contributed by atoms with Gasteiger partial charge in [-0.1, -0.05) is 55.3 Å². The van der Waals surface area contributed by atoms with Crippen LogP contribution in [0.4, 0.5) is 10.1 Å². The fraction of sp³-hybridized carbons (Fsp3) is 0.226. The van der Waals surface area contributed by atoms with Gasteiger partial charge < -0.3 is 16.0 Å². The van der Waals surface area contributed by atoms with E-state index in [0.717, 1.165) is 34.9 Å². The molecule has 0 unspecified atom stereocenters. The van der Waals surface area contributed by atoms with E-state index in [4.69, 9.17) is 5.73 Å². The lowest BCUT2D eigenvalue weighted by Crippen LogP contribution is -2.28. The van der Waals surface area contributed by atoms with Gasteiger partial charge in [-0.2, -0.15) is 0 Å². The molecule has 3 aromatic carbocycles. The lowest BCUT2D eigenvalue weighted by molar-refractivity contribution is 0.0935. The van der Waals surface area contributed by atoms with E-state index in [2.05, 4.69) is 44.5 Å². The molecular formula is C31H30FN5O2S. The van der Waals surface area contributed by atoms with E-state index in [1.54, 1.807) is 30.9 Å². The van der Waals surface area contributed by atoms with Gasteiger partial charge in [0, 0.05) is 17.7 Å². The molecule has 0 fully saturated rings. The molecule has 0 aliphatic rings. The van der Waals surface area contributed by atoms with Gasteiger partial charge in [0.05, 0.1) is 35.2 Å². The van der Waals surface area contributed by atoms with Gasteiger partial charge in [0.1, 0.15) is 16.5 Å². The Morgan fingerprint density at radius 2 is 1.88 bits per heavy atom. The smallest absolute Gasteiger partial charge is 0.263 e. The first-order valence-corrected chi connectivity index (χ1v) is 14.1. The predicted octanol–water partition coefficient (Wildman–Crippen LogP) is 7.02. The van der Waals surface area contributed by atoms with Crippen LogP contribution < -0.4 is 11.1 Å². The van der Waals surface area contributed by atoms with Gasteiger partial charge in [0.2, 0.25) is 0 Å². The van der Waals surface area contributed by atoms with Crippen LogP contribution in [0.3, 0.4) is 0 Å². The molecule has 5 rings (SSSR count). The highest BCUT2D eigenvalue weighted by Crippen LogP contribution is 2.27. The molecule has 5 aromatic rings. The average molecular weight is 556 g/mol. The van der Waals surface area contributed by atoms with E-state index in [0.29, 0.717) is 29.1 Å². The van der Waals surface area contributed by atoms with Crippen LogP contribution in [-0.4, -0.2) is 26.6 Å². The lowest BCUT2D eigenvalue weighted by atomic mass is 9.99. The van der Waals surface area contributed by atoms with Gasteiger partial charge in [-0.3, -0.25) is 14.6 Å². The molecule has 0 bridgehead atoms. The van der Waals surface area contributed by atoms with Crippen LogP contribution in [0.5, 0.6) is 0 Å².